The molecular formula is C46H55F3N6O7S2. The molecule has 0 bridgehead atoms. The number of rotatable bonds is 14. The van der Waals surface area contributed by atoms with E-state index in [1.165, 1.54) is 34.4 Å². The van der Waals surface area contributed by atoms with Crippen LogP contribution in [-0.4, -0.2) is 83.1 Å². The van der Waals surface area contributed by atoms with Gasteiger partial charge < -0.3 is 25.0 Å². The molecule has 18 heteroatoms. The van der Waals surface area contributed by atoms with E-state index >= 15 is 4.79 Å². The Hall–Kier alpha value is -5.23. The van der Waals surface area contributed by atoms with E-state index in [1.54, 1.807) is 53.9 Å². The van der Waals surface area contributed by atoms with Gasteiger partial charge in [-0.2, -0.15) is 13.2 Å². The number of amides is 3. The van der Waals surface area contributed by atoms with Gasteiger partial charge in [0.2, 0.25) is 21.8 Å². The number of ether oxygens (including phenoxy) is 2. The van der Waals surface area contributed by atoms with Gasteiger partial charge in [-0.3, -0.25) is 19.1 Å². The predicted octanol–water partition coefficient (Wildman–Crippen LogP) is 8.00. The molecule has 3 fully saturated rings. The van der Waals surface area contributed by atoms with Crippen LogP contribution in [0.15, 0.2) is 60.5 Å². The molecule has 2 aromatic heterocycles. The Kier molecular flexibility index (Phi) is 12.2. The lowest BCUT2D eigenvalue weighted by atomic mass is 9.85. The number of thiazole rings is 1. The second kappa shape index (κ2) is 16.6. The van der Waals surface area contributed by atoms with Crippen LogP contribution in [0.1, 0.15) is 90.5 Å². The number of hydrogen-bond acceptors (Lipinski definition) is 11. The van der Waals surface area contributed by atoms with Crippen molar-refractivity contribution in [2.75, 3.05) is 19.0 Å². The molecule has 3 N–H and O–H groups in total. The number of nitrogens with zero attached hydrogens (tertiary/aromatic N) is 3. The molecule has 2 aromatic carbocycles. The van der Waals surface area contributed by atoms with Crippen molar-refractivity contribution >= 4 is 55.7 Å². The van der Waals surface area contributed by atoms with Crippen molar-refractivity contribution in [1.82, 2.24) is 24.9 Å². The van der Waals surface area contributed by atoms with Gasteiger partial charge in [-0.15, -0.1) is 17.9 Å². The zero-order chi connectivity index (χ0) is 46.9. The number of halogens is 3. The molecule has 1 saturated heterocycles. The second-order valence-electron chi connectivity index (χ2n) is 18.9. The number of carbonyl (C=O) groups excluding carboxylic acids is 3. The molecular weight excluding hydrogens is 870 g/mol. The minimum atomic E-state index is -4.64. The van der Waals surface area contributed by atoms with Crippen molar-refractivity contribution in [3.05, 3.63) is 77.3 Å². The molecule has 0 unspecified atom stereocenters. The number of aromatic nitrogens is 2. The summed E-state index contributed by atoms with van der Waals surface area (Å²) in [5.41, 5.74) is -0.678. The number of sulfonamides is 1. The fraction of sp³-hybridized carbons (Fsp3) is 0.500. The zero-order valence-corrected chi connectivity index (χ0v) is 39.0. The van der Waals surface area contributed by atoms with E-state index in [-0.39, 0.29) is 24.6 Å². The molecule has 4 aromatic rings. The van der Waals surface area contributed by atoms with Gasteiger partial charge >= 0.3 is 6.18 Å². The molecule has 1 aliphatic heterocycles. The quantitative estimate of drug-likeness (QED) is 0.105. The minimum absolute atomic E-state index is 0.0431. The van der Waals surface area contributed by atoms with E-state index in [4.69, 9.17) is 19.4 Å². The van der Waals surface area contributed by atoms with Crippen molar-refractivity contribution in [1.29, 1.82) is 0 Å². The van der Waals surface area contributed by atoms with E-state index in [2.05, 4.69) is 21.9 Å². The van der Waals surface area contributed by atoms with Crippen molar-refractivity contribution in [3.63, 3.8) is 0 Å². The largest absolute Gasteiger partial charge is 0.496 e. The number of carbonyl (C=O) groups is 3. The van der Waals surface area contributed by atoms with E-state index in [9.17, 15) is 31.2 Å². The third kappa shape index (κ3) is 8.79. The summed E-state index contributed by atoms with van der Waals surface area (Å²) in [4.78, 5) is 55.0. The first-order chi connectivity index (χ1) is 29.8. The molecule has 0 spiro atoms. The number of fused-ring (bicyclic) bond motifs is 1. The molecule has 344 valence electrons. The number of pyridine rings is 1. The second-order valence-corrected chi connectivity index (χ2v) is 21.9. The van der Waals surface area contributed by atoms with Gasteiger partial charge in [0.1, 0.15) is 45.9 Å². The molecule has 7 rings (SSSR count). The summed E-state index contributed by atoms with van der Waals surface area (Å²) >= 11 is 1.43. The Bertz CT molecular complexity index is 2620. The first-order valence-electron chi connectivity index (χ1n) is 21.2. The van der Waals surface area contributed by atoms with Gasteiger partial charge in [-0.05, 0) is 74.8 Å². The Morgan fingerprint density at radius 3 is 2.34 bits per heavy atom. The highest BCUT2D eigenvalue weighted by molar-refractivity contribution is 7.91. The van der Waals surface area contributed by atoms with Gasteiger partial charge in [0.25, 0.3) is 5.91 Å². The summed E-state index contributed by atoms with van der Waals surface area (Å²) in [6.07, 6.45) is -3.19. The van der Waals surface area contributed by atoms with Crippen molar-refractivity contribution in [2.24, 2.45) is 17.3 Å². The van der Waals surface area contributed by atoms with Crippen LogP contribution in [0.2, 0.25) is 0 Å². The SMILES string of the molecule is C=C[C@@H]1C[C@]1(NC(=O)[C@@H]1[C@H](C)[C@@H](Oc2cc(-c3nc(C(C)C)cs3)nc3c(C)c(OC)ccc23)CN1C(=O)[C@H](Nc1cccc(C(F)(F)F)c1)C(C)(C)C)C(=O)NS(=O)(=O)C1(C)CC1. The number of benzene rings is 2. The van der Waals surface area contributed by atoms with Gasteiger partial charge in [-0.25, -0.2) is 18.4 Å². The monoisotopic (exact) mass is 924 g/mol. The van der Waals surface area contributed by atoms with Crippen molar-refractivity contribution < 1.29 is 45.4 Å². The molecule has 64 heavy (non-hydrogen) atoms. The van der Waals surface area contributed by atoms with Crippen molar-refractivity contribution in [2.45, 2.75) is 115 Å². The number of likely N-dealkylation sites (tertiary alicyclic amines) is 1. The molecule has 2 saturated carbocycles. The lowest BCUT2D eigenvalue weighted by molar-refractivity contribution is -0.142. The highest BCUT2D eigenvalue weighted by atomic mass is 32.2. The maximum atomic E-state index is 15.1. The van der Waals surface area contributed by atoms with Crippen LogP contribution in [0.5, 0.6) is 11.5 Å². The minimum Gasteiger partial charge on any atom is -0.496 e. The number of anilines is 1. The van der Waals surface area contributed by atoms with E-state index in [0.717, 1.165) is 23.4 Å². The topological polar surface area (TPSA) is 169 Å². The Morgan fingerprint density at radius 2 is 1.77 bits per heavy atom. The van der Waals surface area contributed by atoms with Gasteiger partial charge in [0.05, 0.1) is 35.2 Å². The van der Waals surface area contributed by atoms with Crippen LogP contribution in [0.25, 0.3) is 21.6 Å². The normalized spacial score (nSPS) is 23.4. The van der Waals surface area contributed by atoms with Crippen molar-refractivity contribution in [3.8, 4) is 22.2 Å². The van der Waals surface area contributed by atoms with Crippen LogP contribution < -0.4 is 24.8 Å². The summed E-state index contributed by atoms with van der Waals surface area (Å²) in [6.45, 7) is 18.2. The summed E-state index contributed by atoms with van der Waals surface area (Å²) in [5, 5.41) is 9.13. The van der Waals surface area contributed by atoms with Crippen LogP contribution in [0.3, 0.4) is 0 Å². The van der Waals surface area contributed by atoms with Crippen LogP contribution in [0, 0.1) is 24.2 Å². The Morgan fingerprint density at radius 1 is 1.06 bits per heavy atom. The third-order valence-corrected chi connectivity index (χ3v) is 15.9. The summed E-state index contributed by atoms with van der Waals surface area (Å²) in [7, 11) is -2.52. The number of aryl methyl sites for hydroxylation is 1. The highest BCUT2D eigenvalue weighted by Crippen LogP contribution is 2.48. The van der Waals surface area contributed by atoms with Gasteiger partial charge in [-0.1, -0.05) is 53.7 Å². The molecule has 3 heterocycles. The van der Waals surface area contributed by atoms with E-state index in [0.29, 0.717) is 45.9 Å². The standard InChI is InChI=1S/C46H55F3N6O7S2/c1-11-27-21-45(27,42(58)54-64(59,60)44(9)17-18-44)53-39(56)37-26(5)35(22-55(37)41(57)38(43(6,7)8)50-29-14-12-13-28(19-29)46(47,48)49)62-34-20-31(40-52-32(23-63-40)24(2)3)51-36-25(4)33(61-10)16-15-30(34)36/h11-16,19-20,23-24,26-27,35,37-38,50H,1,17-18,21-22H2,2-10H3,(H,53,56)(H,54,58)/t26-,27-,35+,37+,38+,45-/m1/s1. The van der Waals surface area contributed by atoms with Crippen LogP contribution >= 0.6 is 11.3 Å². The lowest BCUT2D eigenvalue weighted by Gasteiger charge is -2.36. The maximum absolute atomic E-state index is 15.1. The fourth-order valence-electron chi connectivity index (χ4n) is 8.23. The number of hydrogen-bond donors (Lipinski definition) is 3. The molecule has 13 nitrogen and oxygen atoms in total. The third-order valence-electron chi connectivity index (χ3n) is 12.8. The zero-order valence-electron chi connectivity index (χ0n) is 37.3. The Balaban J connectivity index is 1.28. The van der Waals surface area contributed by atoms with E-state index < -0.39 is 85.2 Å². The maximum Gasteiger partial charge on any atom is 0.416 e. The molecule has 3 aliphatic rings. The molecule has 0 radical (unpaired) electrons. The summed E-state index contributed by atoms with van der Waals surface area (Å²) < 4.78 is 81.5. The average molecular weight is 925 g/mol. The van der Waals surface area contributed by atoms with E-state index in [1.807, 2.05) is 32.2 Å². The average Bonchev–Trinajstić information content (AvgIpc) is 4.04. The lowest BCUT2D eigenvalue weighted by Crippen LogP contribution is -2.59. The smallest absolute Gasteiger partial charge is 0.416 e. The molecule has 2 aliphatic carbocycles. The van der Waals surface area contributed by atoms with Crippen LogP contribution in [-0.2, 0) is 30.6 Å². The fourth-order valence-corrected chi connectivity index (χ4v) is 10.5. The van der Waals surface area contributed by atoms with Gasteiger partial charge in [0.15, 0.2) is 0 Å². The first-order valence-corrected chi connectivity index (χ1v) is 23.6. The number of nitrogens with one attached hydrogen (secondary N) is 3. The number of alkyl halides is 3. The highest BCUT2D eigenvalue weighted by Gasteiger charge is 2.63. The molecule has 6 atom stereocenters. The predicted molar refractivity (Wildman–Crippen MR) is 239 cm³/mol. The number of methoxy groups -OCH3 is 1. The summed E-state index contributed by atoms with van der Waals surface area (Å²) in [6, 6.07) is 7.46. The van der Waals surface area contributed by atoms with Crippen LogP contribution in [0.4, 0.5) is 18.9 Å². The molecule has 3 amide bonds. The first kappa shape index (κ1) is 46.8. The Labute approximate surface area is 375 Å². The van der Waals surface area contributed by atoms with Gasteiger partial charge in [0, 0.05) is 39.9 Å². The summed E-state index contributed by atoms with van der Waals surface area (Å²) in [5.74, 6) is -2.45.